The van der Waals surface area contributed by atoms with E-state index in [0.29, 0.717) is 0 Å². The smallest absolute Gasteiger partial charge is 0.434 e. The topological polar surface area (TPSA) is 27.8 Å². The Morgan fingerprint density at radius 3 is 1.68 bits per heavy atom. The average molecular weight is 675 g/mol. The van der Waals surface area contributed by atoms with Crippen LogP contribution in [0.15, 0.2) is 164 Å². The summed E-state index contributed by atoms with van der Waals surface area (Å²) in [5.74, 6) is 2.54. The van der Waals surface area contributed by atoms with Gasteiger partial charge >= 0.3 is 6.92 Å². The quantitative estimate of drug-likeness (QED) is 0.171. The van der Waals surface area contributed by atoms with E-state index in [2.05, 4.69) is 161 Å². The number of nitrogens with zero attached hydrogens (tertiary/aromatic N) is 2. The van der Waals surface area contributed by atoms with E-state index in [1.165, 1.54) is 65.5 Å². The first-order valence-corrected chi connectivity index (χ1v) is 18.2. The van der Waals surface area contributed by atoms with Crippen LogP contribution in [0, 0.1) is 0 Å². The zero-order chi connectivity index (χ0) is 34.4. The van der Waals surface area contributed by atoms with Gasteiger partial charge in [0, 0.05) is 54.9 Å². The first-order chi connectivity index (χ1) is 26.3. The number of para-hydroxylation sites is 5. The maximum Gasteiger partial charge on any atom is 0.434 e. The molecule has 0 amide bonds. The first kappa shape index (κ1) is 27.7. The Morgan fingerprint density at radius 2 is 1.00 bits per heavy atom. The molecule has 11 aromatic rings. The van der Waals surface area contributed by atoms with E-state index in [1.807, 2.05) is 12.1 Å². The van der Waals surface area contributed by atoms with Crippen molar-refractivity contribution in [3.63, 3.8) is 0 Å². The van der Waals surface area contributed by atoms with Gasteiger partial charge < -0.3 is 18.4 Å². The molecule has 0 unspecified atom stereocenters. The standard InChI is InChI=1S/C48H27BN2O2/c1-6-16-40-31(11-1)32-12-2-7-17-41(32)50(40)30-26-36-35-23-28(21-22-44(35)53-49-39-15-5-10-20-45(39)52-46(27-30)47(36)49)29-24-37-33-13-3-8-18-42(33)51-43-19-9-4-14-34(43)38(25-29)48(37)51/h1-27H. The van der Waals surface area contributed by atoms with E-state index in [-0.39, 0.29) is 6.92 Å². The fourth-order valence-electron chi connectivity index (χ4n) is 9.47. The summed E-state index contributed by atoms with van der Waals surface area (Å²) in [6, 6.07) is 59.2. The monoisotopic (exact) mass is 674 g/mol. The van der Waals surface area contributed by atoms with Crippen molar-refractivity contribution in [2.24, 2.45) is 0 Å². The third-order valence-electron chi connectivity index (χ3n) is 11.7. The van der Waals surface area contributed by atoms with Crippen LogP contribution >= 0.6 is 0 Å². The van der Waals surface area contributed by atoms with Crippen LogP contribution in [0.1, 0.15) is 0 Å². The van der Waals surface area contributed by atoms with Crippen molar-refractivity contribution in [3.05, 3.63) is 164 Å². The van der Waals surface area contributed by atoms with Gasteiger partial charge in [0.05, 0.1) is 33.3 Å². The molecule has 0 spiro atoms. The van der Waals surface area contributed by atoms with Crippen LogP contribution < -0.4 is 20.3 Å². The molecule has 0 radical (unpaired) electrons. The molecule has 8 aromatic carbocycles. The van der Waals surface area contributed by atoms with E-state index in [0.717, 1.165) is 50.6 Å². The second-order valence-electron chi connectivity index (χ2n) is 14.4. The Balaban J connectivity index is 1.08. The van der Waals surface area contributed by atoms with Gasteiger partial charge in [0.15, 0.2) is 0 Å². The number of aromatic nitrogens is 2. The highest BCUT2D eigenvalue weighted by molar-refractivity contribution is 6.84. The molecular weight excluding hydrogens is 647 g/mol. The first-order valence-electron chi connectivity index (χ1n) is 18.2. The van der Waals surface area contributed by atoms with Gasteiger partial charge in [-0.2, -0.15) is 0 Å². The molecule has 0 saturated carbocycles. The zero-order valence-corrected chi connectivity index (χ0v) is 28.4. The highest BCUT2D eigenvalue weighted by atomic mass is 16.5. The molecule has 3 aromatic heterocycles. The van der Waals surface area contributed by atoms with Gasteiger partial charge in [0.2, 0.25) is 0 Å². The molecule has 2 aliphatic rings. The number of fused-ring (bicyclic) bond motifs is 13. The van der Waals surface area contributed by atoms with Crippen LogP contribution in [0.4, 0.5) is 0 Å². The van der Waals surface area contributed by atoms with E-state index in [4.69, 9.17) is 9.39 Å². The molecule has 53 heavy (non-hydrogen) atoms. The van der Waals surface area contributed by atoms with Gasteiger partial charge in [-0.1, -0.05) is 97.1 Å². The minimum Gasteiger partial charge on any atom is -0.551 e. The van der Waals surface area contributed by atoms with E-state index >= 15 is 0 Å². The van der Waals surface area contributed by atoms with Crippen molar-refractivity contribution < 1.29 is 9.39 Å². The summed E-state index contributed by atoms with van der Waals surface area (Å²) in [4.78, 5) is 0. The molecule has 0 bridgehead atoms. The number of benzene rings is 8. The predicted molar refractivity (Wildman–Crippen MR) is 218 cm³/mol. The summed E-state index contributed by atoms with van der Waals surface area (Å²) in [7, 11) is 0. The molecular formula is C48H27BN2O2. The van der Waals surface area contributed by atoms with Crippen LogP contribution in [0.2, 0.25) is 0 Å². The van der Waals surface area contributed by atoms with Gasteiger partial charge in [0.25, 0.3) is 0 Å². The molecule has 2 aliphatic heterocycles. The summed E-state index contributed by atoms with van der Waals surface area (Å²) >= 11 is 0. The SMILES string of the molecule is c1ccc2c(c1)Oc1cc(-n3c4ccccc4c4ccccc43)cc3c1B2Oc1ccc(-c2cc4c5ccccc5n5c6ccccc6c(c2)c45)cc1-3. The molecule has 4 nitrogen and oxygen atoms in total. The highest BCUT2D eigenvalue weighted by Gasteiger charge is 2.41. The predicted octanol–water partition coefficient (Wildman–Crippen LogP) is 10.9. The van der Waals surface area contributed by atoms with Crippen molar-refractivity contribution >= 4 is 77.7 Å². The second-order valence-corrected chi connectivity index (χ2v) is 14.4. The Morgan fingerprint density at radius 1 is 0.415 bits per heavy atom. The summed E-state index contributed by atoms with van der Waals surface area (Å²) in [6.45, 7) is -0.268. The Kier molecular flexibility index (Phi) is 5.16. The lowest BCUT2D eigenvalue weighted by atomic mass is 9.51. The molecule has 0 fully saturated rings. The Labute approximate surface area is 304 Å². The normalized spacial score (nSPS) is 13.2. The van der Waals surface area contributed by atoms with Crippen molar-refractivity contribution in [3.8, 4) is 45.2 Å². The molecule has 0 N–H and O–H groups in total. The number of ether oxygens (including phenoxy) is 1. The zero-order valence-electron chi connectivity index (χ0n) is 28.4. The third-order valence-corrected chi connectivity index (χ3v) is 11.7. The van der Waals surface area contributed by atoms with Gasteiger partial charge in [-0.25, -0.2) is 0 Å². The Hall–Kier alpha value is -6.98. The van der Waals surface area contributed by atoms with Gasteiger partial charge in [0.1, 0.15) is 17.2 Å². The number of hydrogen-bond donors (Lipinski definition) is 0. The van der Waals surface area contributed by atoms with Crippen LogP contribution in [-0.2, 0) is 0 Å². The molecule has 244 valence electrons. The van der Waals surface area contributed by atoms with Crippen molar-refractivity contribution in [1.29, 1.82) is 0 Å². The fourth-order valence-corrected chi connectivity index (χ4v) is 9.47. The molecule has 0 atom stereocenters. The molecule has 13 rings (SSSR count). The van der Waals surface area contributed by atoms with E-state index < -0.39 is 0 Å². The average Bonchev–Trinajstić information content (AvgIpc) is 3.85. The fraction of sp³-hybridized carbons (Fsp3) is 0. The van der Waals surface area contributed by atoms with Crippen molar-refractivity contribution in [2.45, 2.75) is 0 Å². The largest absolute Gasteiger partial charge is 0.551 e. The maximum atomic E-state index is 6.95. The lowest BCUT2D eigenvalue weighted by molar-refractivity contribution is 0.479. The van der Waals surface area contributed by atoms with Crippen molar-refractivity contribution in [1.82, 2.24) is 8.97 Å². The molecule has 5 heteroatoms. The summed E-state index contributed by atoms with van der Waals surface area (Å²) < 4.78 is 18.5. The van der Waals surface area contributed by atoms with Gasteiger partial charge in [-0.05, 0) is 77.4 Å². The minimum absolute atomic E-state index is 0.268. The molecule has 0 aliphatic carbocycles. The van der Waals surface area contributed by atoms with Gasteiger partial charge in [-0.15, -0.1) is 0 Å². The number of hydrogen-bond acceptors (Lipinski definition) is 2. The maximum absolute atomic E-state index is 6.95. The van der Waals surface area contributed by atoms with Crippen LogP contribution in [0.3, 0.4) is 0 Å². The van der Waals surface area contributed by atoms with Crippen molar-refractivity contribution in [2.75, 3.05) is 0 Å². The minimum atomic E-state index is -0.268. The van der Waals surface area contributed by atoms with Crippen LogP contribution in [-0.4, -0.2) is 15.9 Å². The van der Waals surface area contributed by atoms with Gasteiger partial charge in [-0.3, -0.25) is 0 Å². The highest BCUT2D eigenvalue weighted by Crippen LogP contribution is 2.46. The van der Waals surface area contributed by atoms with E-state index in [9.17, 15) is 0 Å². The summed E-state index contributed by atoms with van der Waals surface area (Å²) in [5.41, 5.74) is 13.8. The van der Waals surface area contributed by atoms with E-state index in [1.54, 1.807) is 0 Å². The second kappa shape index (κ2) is 9.87. The lowest BCUT2D eigenvalue weighted by Gasteiger charge is -2.33. The third kappa shape index (κ3) is 3.56. The molecule has 5 heterocycles. The number of rotatable bonds is 2. The lowest BCUT2D eigenvalue weighted by Crippen LogP contribution is -2.53. The Bertz CT molecular complexity index is 3240. The summed E-state index contributed by atoms with van der Waals surface area (Å²) in [5, 5.41) is 7.55. The van der Waals surface area contributed by atoms with Crippen LogP contribution in [0.25, 0.3) is 87.8 Å². The van der Waals surface area contributed by atoms with Crippen LogP contribution in [0.5, 0.6) is 17.2 Å². The summed E-state index contributed by atoms with van der Waals surface area (Å²) in [6.07, 6.45) is 0. The molecule has 0 saturated heterocycles.